The first-order valence-electron chi connectivity index (χ1n) is 6.72. The smallest absolute Gasteiger partial charge is 0.136 e. The Morgan fingerprint density at radius 2 is 1.95 bits per heavy atom. The van der Waals surface area contributed by atoms with Gasteiger partial charge in [0, 0.05) is 30.2 Å². The predicted molar refractivity (Wildman–Crippen MR) is 85.0 cm³/mol. The molecule has 2 rings (SSSR count). The van der Waals surface area contributed by atoms with Gasteiger partial charge in [0.25, 0.3) is 0 Å². The monoisotopic (exact) mass is 290 g/mol. The molecule has 20 heavy (non-hydrogen) atoms. The van der Waals surface area contributed by atoms with Gasteiger partial charge in [0.15, 0.2) is 0 Å². The molecule has 2 aromatic rings. The number of aromatic nitrogens is 2. The third-order valence-electron chi connectivity index (χ3n) is 3.03. The van der Waals surface area contributed by atoms with Crippen LogP contribution >= 0.6 is 11.6 Å². The van der Waals surface area contributed by atoms with Crippen LogP contribution in [-0.2, 0) is 6.42 Å². The standard InChI is InChI=1S/C15H19ClN4/c1-4-6-13-19-14(17-3)9-15(20-13)18-12-8-5-7-11(16)10(12)2/h5,7-9H,4,6H2,1-3H3,(H2,17,18,19,20). The summed E-state index contributed by atoms with van der Waals surface area (Å²) in [6.07, 6.45) is 1.88. The average molecular weight is 291 g/mol. The van der Waals surface area contributed by atoms with Crippen LogP contribution in [0.25, 0.3) is 0 Å². The van der Waals surface area contributed by atoms with E-state index >= 15 is 0 Å². The fraction of sp³-hybridized carbons (Fsp3) is 0.333. The van der Waals surface area contributed by atoms with Crippen molar-refractivity contribution < 1.29 is 0 Å². The van der Waals surface area contributed by atoms with E-state index < -0.39 is 0 Å². The van der Waals surface area contributed by atoms with E-state index in [-0.39, 0.29) is 0 Å². The highest BCUT2D eigenvalue weighted by Crippen LogP contribution is 2.26. The van der Waals surface area contributed by atoms with Crippen molar-refractivity contribution in [2.45, 2.75) is 26.7 Å². The second-order valence-electron chi connectivity index (χ2n) is 4.59. The molecule has 0 fully saturated rings. The van der Waals surface area contributed by atoms with E-state index in [1.165, 1.54) is 0 Å². The number of hydrogen-bond acceptors (Lipinski definition) is 4. The maximum Gasteiger partial charge on any atom is 0.136 e. The van der Waals surface area contributed by atoms with Gasteiger partial charge >= 0.3 is 0 Å². The molecule has 0 amide bonds. The Morgan fingerprint density at radius 3 is 2.65 bits per heavy atom. The summed E-state index contributed by atoms with van der Waals surface area (Å²) in [7, 11) is 1.85. The lowest BCUT2D eigenvalue weighted by molar-refractivity contribution is 0.838. The molecule has 2 N–H and O–H groups in total. The summed E-state index contributed by atoms with van der Waals surface area (Å²) in [4.78, 5) is 8.97. The van der Waals surface area contributed by atoms with Crippen LogP contribution in [0, 0.1) is 6.92 Å². The number of rotatable bonds is 5. The van der Waals surface area contributed by atoms with Crippen molar-refractivity contribution in [1.82, 2.24) is 9.97 Å². The number of anilines is 3. The quantitative estimate of drug-likeness (QED) is 0.867. The second-order valence-corrected chi connectivity index (χ2v) is 5.00. The van der Waals surface area contributed by atoms with Crippen molar-refractivity contribution in [3.05, 3.63) is 40.7 Å². The highest BCUT2D eigenvalue weighted by Gasteiger charge is 2.06. The zero-order chi connectivity index (χ0) is 14.5. The molecule has 0 radical (unpaired) electrons. The summed E-state index contributed by atoms with van der Waals surface area (Å²) in [6, 6.07) is 7.68. The molecule has 4 nitrogen and oxygen atoms in total. The fourth-order valence-electron chi connectivity index (χ4n) is 1.91. The van der Waals surface area contributed by atoms with Gasteiger partial charge in [-0.25, -0.2) is 9.97 Å². The van der Waals surface area contributed by atoms with E-state index in [0.717, 1.165) is 46.6 Å². The van der Waals surface area contributed by atoms with E-state index in [1.807, 2.05) is 38.2 Å². The van der Waals surface area contributed by atoms with Gasteiger partial charge < -0.3 is 10.6 Å². The molecule has 0 saturated heterocycles. The minimum Gasteiger partial charge on any atom is -0.373 e. The first-order valence-corrected chi connectivity index (χ1v) is 7.09. The maximum absolute atomic E-state index is 6.13. The van der Waals surface area contributed by atoms with Crippen molar-refractivity contribution >= 4 is 28.9 Å². The summed E-state index contributed by atoms with van der Waals surface area (Å²) < 4.78 is 0. The van der Waals surface area contributed by atoms with E-state index in [0.29, 0.717) is 0 Å². The fourth-order valence-corrected chi connectivity index (χ4v) is 2.08. The van der Waals surface area contributed by atoms with Gasteiger partial charge in [0.2, 0.25) is 0 Å². The number of halogens is 1. The van der Waals surface area contributed by atoms with E-state index in [4.69, 9.17) is 11.6 Å². The molecule has 0 atom stereocenters. The predicted octanol–water partition coefficient (Wildman–Crippen LogP) is 4.18. The number of benzene rings is 1. The lowest BCUT2D eigenvalue weighted by Crippen LogP contribution is -2.04. The number of nitrogens with zero attached hydrogens (tertiary/aromatic N) is 2. The highest BCUT2D eigenvalue weighted by molar-refractivity contribution is 6.31. The minimum atomic E-state index is 0.742. The molecular weight excluding hydrogens is 272 g/mol. The topological polar surface area (TPSA) is 49.8 Å². The van der Waals surface area contributed by atoms with Gasteiger partial charge in [-0.1, -0.05) is 24.6 Å². The van der Waals surface area contributed by atoms with Crippen LogP contribution in [0.2, 0.25) is 5.02 Å². The van der Waals surface area contributed by atoms with Gasteiger partial charge in [0.05, 0.1) is 0 Å². The summed E-state index contributed by atoms with van der Waals surface area (Å²) in [6.45, 7) is 4.10. The Kier molecular flexibility index (Phi) is 4.79. The van der Waals surface area contributed by atoms with Gasteiger partial charge in [-0.2, -0.15) is 0 Å². The summed E-state index contributed by atoms with van der Waals surface area (Å²) in [5.41, 5.74) is 1.97. The lowest BCUT2D eigenvalue weighted by atomic mass is 10.2. The Balaban J connectivity index is 2.32. The van der Waals surface area contributed by atoms with Crippen molar-refractivity contribution in [2.24, 2.45) is 0 Å². The number of aryl methyl sites for hydroxylation is 1. The molecule has 0 bridgehead atoms. The van der Waals surface area contributed by atoms with Crippen molar-refractivity contribution in [3.63, 3.8) is 0 Å². The summed E-state index contributed by atoms with van der Waals surface area (Å²) in [5.74, 6) is 2.42. The SMILES string of the molecule is CCCc1nc(NC)cc(Nc2cccc(Cl)c2C)n1. The van der Waals surface area contributed by atoms with Crippen LogP contribution in [0.15, 0.2) is 24.3 Å². The Hall–Kier alpha value is -1.81. The molecule has 1 heterocycles. The third kappa shape index (κ3) is 3.39. The van der Waals surface area contributed by atoms with Gasteiger partial charge in [-0.05, 0) is 31.0 Å². The van der Waals surface area contributed by atoms with Crippen molar-refractivity contribution in [2.75, 3.05) is 17.7 Å². The average Bonchev–Trinajstić information content (AvgIpc) is 2.44. The Bertz CT molecular complexity index is 598. The molecule has 106 valence electrons. The van der Waals surface area contributed by atoms with E-state index in [1.54, 1.807) is 0 Å². The molecule has 1 aromatic carbocycles. The van der Waals surface area contributed by atoms with Gasteiger partial charge in [-0.15, -0.1) is 0 Å². The molecule has 1 aromatic heterocycles. The molecule has 0 unspecified atom stereocenters. The first-order chi connectivity index (χ1) is 9.63. The van der Waals surface area contributed by atoms with Crippen LogP contribution < -0.4 is 10.6 Å². The van der Waals surface area contributed by atoms with Crippen LogP contribution in [-0.4, -0.2) is 17.0 Å². The normalized spacial score (nSPS) is 10.4. The minimum absolute atomic E-state index is 0.742. The van der Waals surface area contributed by atoms with Crippen molar-refractivity contribution in [3.8, 4) is 0 Å². The number of hydrogen-bond donors (Lipinski definition) is 2. The van der Waals surface area contributed by atoms with Crippen LogP contribution in [0.4, 0.5) is 17.3 Å². The zero-order valence-electron chi connectivity index (χ0n) is 12.0. The van der Waals surface area contributed by atoms with E-state index in [2.05, 4.69) is 27.5 Å². The third-order valence-corrected chi connectivity index (χ3v) is 3.44. The van der Waals surface area contributed by atoms with Crippen LogP contribution in [0.5, 0.6) is 0 Å². The molecule has 5 heteroatoms. The van der Waals surface area contributed by atoms with Gasteiger partial charge in [0.1, 0.15) is 17.5 Å². The lowest BCUT2D eigenvalue weighted by Gasteiger charge is -2.12. The Labute approximate surface area is 124 Å². The number of nitrogens with one attached hydrogen (secondary N) is 2. The molecule has 0 aliphatic carbocycles. The van der Waals surface area contributed by atoms with Crippen LogP contribution in [0.1, 0.15) is 24.7 Å². The van der Waals surface area contributed by atoms with E-state index in [9.17, 15) is 0 Å². The molecule has 0 aliphatic rings. The highest BCUT2D eigenvalue weighted by atomic mass is 35.5. The Morgan fingerprint density at radius 1 is 1.20 bits per heavy atom. The molecule has 0 spiro atoms. The molecular formula is C15H19ClN4. The van der Waals surface area contributed by atoms with Crippen LogP contribution in [0.3, 0.4) is 0 Å². The first kappa shape index (κ1) is 14.6. The van der Waals surface area contributed by atoms with Gasteiger partial charge in [-0.3, -0.25) is 0 Å². The molecule has 0 saturated carbocycles. The van der Waals surface area contributed by atoms with Crippen molar-refractivity contribution in [1.29, 1.82) is 0 Å². The largest absolute Gasteiger partial charge is 0.373 e. The maximum atomic E-state index is 6.13. The second kappa shape index (κ2) is 6.57. The summed E-state index contributed by atoms with van der Waals surface area (Å²) >= 11 is 6.13. The summed E-state index contributed by atoms with van der Waals surface area (Å²) in [5, 5.41) is 7.11. The zero-order valence-corrected chi connectivity index (χ0v) is 12.8. The molecule has 0 aliphatic heterocycles.